The summed E-state index contributed by atoms with van der Waals surface area (Å²) >= 11 is 0. The monoisotopic (exact) mass is 321 g/mol. The van der Waals surface area contributed by atoms with Gasteiger partial charge in [-0.2, -0.15) is 5.10 Å². The Bertz CT molecular complexity index is 629. The van der Waals surface area contributed by atoms with Crippen molar-refractivity contribution in [2.24, 2.45) is 5.41 Å². The molecule has 2 aliphatic rings. The number of amides is 2. The third kappa shape index (κ3) is 3.02. The Hall–Kier alpha value is -2.12. The summed E-state index contributed by atoms with van der Waals surface area (Å²) in [5, 5.41) is 16.7. The highest BCUT2D eigenvalue weighted by molar-refractivity contribution is 5.79. The van der Waals surface area contributed by atoms with Crippen LogP contribution in [0.4, 0.5) is 4.79 Å². The van der Waals surface area contributed by atoms with Gasteiger partial charge in [0, 0.05) is 25.9 Å². The molecule has 0 bridgehead atoms. The van der Waals surface area contributed by atoms with Crippen molar-refractivity contribution in [3.8, 4) is 0 Å². The van der Waals surface area contributed by atoms with Gasteiger partial charge >= 0.3 is 12.0 Å². The van der Waals surface area contributed by atoms with Crippen molar-refractivity contribution in [3.05, 3.63) is 11.6 Å². The van der Waals surface area contributed by atoms with E-state index in [0.717, 1.165) is 30.9 Å². The lowest BCUT2D eigenvalue weighted by atomic mass is 9.90. The highest BCUT2D eigenvalue weighted by atomic mass is 16.4. The zero-order chi connectivity index (χ0) is 16.6. The quantitative estimate of drug-likeness (QED) is 0.852. The van der Waals surface area contributed by atoms with E-state index in [2.05, 4.69) is 15.4 Å². The zero-order valence-corrected chi connectivity index (χ0v) is 13.6. The first-order valence-corrected chi connectivity index (χ1v) is 8.13. The lowest BCUT2D eigenvalue weighted by Gasteiger charge is -2.27. The number of aromatic nitrogens is 3. The van der Waals surface area contributed by atoms with Crippen molar-refractivity contribution in [1.29, 1.82) is 0 Å². The van der Waals surface area contributed by atoms with Crippen LogP contribution in [0.1, 0.15) is 38.3 Å². The lowest BCUT2D eigenvalue weighted by molar-refractivity contribution is -0.147. The Morgan fingerprint density at radius 2 is 2.26 bits per heavy atom. The van der Waals surface area contributed by atoms with Crippen molar-refractivity contribution in [2.75, 3.05) is 13.1 Å². The summed E-state index contributed by atoms with van der Waals surface area (Å²) in [6.07, 6.45) is 2.93. The second kappa shape index (κ2) is 5.82. The van der Waals surface area contributed by atoms with Crippen molar-refractivity contribution >= 4 is 12.0 Å². The summed E-state index contributed by atoms with van der Waals surface area (Å²) in [4.78, 5) is 29.7. The van der Waals surface area contributed by atoms with Gasteiger partial charge in [-0.15, -0.1) is 0 Å². The molecule has 1 fully saturated rings. The molecule has 2 aliphatic heterocycles. The number of nitrogens with zero attached hydrogens (tertiary/aromatic N) is 4. The smallest absolute Gasteiger partial charge is 0.317 e. The van der Waals surface area contributed by atoms with E-state index >= 15 is 0 Å². The number of urea groups is 1. The van der Waals surface area contributed by atoms with E-state index < -0.39 is 11.4 Å². The number of fused-ring (bicyclic) bond motifs is 1. The Labute approximate surface area is 134 Å². The fourth-order valence-corrected chi connectivity index (χ4v) is 3.20. The molecule has 1 aromatic rings. The summed E-state index contributed by atoms with van der Waals surface area (Å²) < 4.78 is 1.87. The molecule has 1 saturated heterocycles. The van der Waals surface area contributed by atoms with Crippen LogP contribution in [0.2, 0.25) is 0 Å². The number of aryl methyl sites for hydroxylation is 2. The minimum absolute atomic E-state index is 0.0121. The maximum absolute atomic E-state index is 12.4. The van der Waals surface area contributed by atoms with Crippen LogP contribution in [-0.2, 0) is 24.2 Å². The number of carbonyl (C=O) groups is 2. The van der Waals surface area contributed by atoms with Gasteiger partial charge in [-0.1, -0.05) is 6.92 Å². The van der Waals surface area contributed by atoms with Crippen molar-refractivity contribution in [3.63, 3.8) is 0 Å². The molecule has 8 nitrogen and oxygen atoms in total. The average molecular weight is 321 g/mol. The molecule has 3 heterocycles. The Kier molecular flexibility index (Phi) is 3.99. The predicted molar refractivity (Wildman–Crippen MR) is 82.0 cm³/mol. The van der Waals surface area contributed by atoms with Gasteiger partial charge < -0.3 is 15.3 Å². The molecule has 3 rings (SSSR count). The van der Waals surface area contributed by atoms with Crippen LogP contribution in [0.3, 0.4) is 0 Å². The highest BCUT2D eigenvalue weighted by Gasteiger charge is 2.42. The molecule has 2 amide bonds. The average Bonchev–Trinajstić information content (AvgIpc) is 3.11. The summed E-state index contributed by atoms with van der Waals surface area (Å²) in [5.41, 5.74) is -0.834. The number of aliphatic carboxylic acids is 1. The number of carboxylic acid groups (broad SMARTS) is 1. The fraction of sp³-hybridized carbons (Fsp3) is 0.733. The third-order valence-corrected chi connectivity index (χ3v) is 4.82. The molecule has 23 heavy (non-hydrogen) atoms. The standard InChI is InChI=1S/C15H23N5O3/c1-3-11-17-12-5-4-10(8-20(12)18-11)16-14(23)19-7-6-15(2,9-19)13(21)22/h10H,3-9H2,1-2H3,(H,16,23)(H,21,22). The molecule has 0 spiro atoms. The minimum atomic E-state index is -0.843. The van der Waals surface area contributed by atoms with E-state index in [1.54, 1.807) is 11.8 Å². The van der Waals surface area contributed by atoms with Crippen LogP contribution in [-0.4, -0.2) is 55.9 Å². The van der Waals surface area contributed by atoms with Crippen LogP contribution in [0.25, 0.3) is 0 Å². The number of carboxylic acids is 1. The van der Waals surface area contributed by atoms with Crippen LogP contribution >= 0.6 is 0 Å². The zero-order valence-electron chi connectivity index (χ0n) is 13.6. The van der Waals surface area contributed by atoms with Crippen LogP contribution in [0.5, 0.6) is 0 Å². The van der Waals surface area contributed by atoms with E-state index in [1.807, 2.05) is 11.6 Å². The minimum Gasteiger partial charge on any atom is -0.481 e. The maximum atomic E-state index is 12.4. The van der Waals surface area contributed by atoms with Gasteiger partial charge in [0.05, 0.1) is 18.0 Å². The maximum Gasteiger partial charge on any atom is 0.317 e. The summed E-state index contributed by atoms with van der Waals surface area (Å²) in [6.45, 7) is 5.08. The van der Waals surface area contributed by atoms with E-state index in [4.69, 9.17) is 0 Å². The highest BCUT2D eigenvalue weighted by Crippen LogP contribution is 2.30. The first kappa shape index (κ1) is 15.8. The number of nitrogens with one attached hydrogen (secondary N) is 1. The summed E-state index contributed by atoms with van der Waals surface area (Å²) in [6, 6.07) is -0.169. The first-order chi connectivity index (χ1) is 10.9. The van der Waals surface area contributed by atoms with Gasteiger partial charge in [0.15, 0.2) is 5.82 Å². The van der Waals surface area contributed by atoms with E-state index in [9.17, 15) is 14.7 Å². The van der Waals surface area contributed by atoms with Crippen LogP contribution < -0.4 is 5.32 Å². The van der Waals surface area contributed by atoms with Crippen LogP contribution in [0.15, 0.2) is 0 Å². The number of carbonyl (C=O) groups excluding carboxylic acids is 1. The van der Waals surface area contributed by atoms with E-state index in [0.29, 0.717) is 19.5 Å². The normalized spacial score (nSPS) is 26.9. The molecule has 2 unspecified atom stereocenters. The Morgan fingerprint density at radius 3 is 2.91 bits per heavy atom. The van der Waals surface area contributed by atoms with E-state index in [-0.39, 0.29) is 18.6 Å². The second-order valence-corrected chi connectivity index (χ2v) is 6.70. The van der Waals surface area contributed by atoms with Gasteiger partial charge in [0.25, 0.3) is 0 Å². The number of rotatable bonds is 3. The van der Waals surface area contributed by atoms with Gasteiger partial charge in [-0.25, -0.2) is 14.5 Å². The van der Waals surface area contributed by atoms with Gasteiger partial charge in [0.1, 0.15) is 5.82 Å². The topological polar surface area (TPSA) is 100 Å². The number of likely N-dealkylation sites (tertiary alicyclic amines) is 1. The second-order valence-electron chi connectivity index (χ2n) is 6.70. The van der Waals surface area contributed by atoms with Crippen molar-refractivity contribution in [1.82, 2.24) is 25.0 Å². The fourth-order valence-electron chi connectivity index (χ4n) is 3.20. The van der Waals surface area contributed by atoms with E-state index in [1.165, 1.54) is 0 Å². The predicted octanol–water partition coefficient (Wildman–Crippen LogP) is 0.662. The lowest BCUT2D eigenvalue weighted by Crippen LogP contribution is -2.48. The molecule has 126 valence electrons. The number of hydrogen-bond acceptors (Lipinski definition) is 4. The molecular weight excluding hydrogens is 298 g/mol. The Balaban J connectivity index is 1.58. The molecule has 8 heteroatoms. The van der Waals surface area contributed by atoms with Crippen molar-refractivity contribution in [2.45, 2.75) is 52.1 Å². The molecule has 0 radical (unpaired) electrons. The summed E-state index contributed by atoms with van der Waals surface area (Å²) in [5.74, 6) is 0.973. The van der Waals surface area contributed by atoms with Crippen molar-refractivity contribution < 1.29 is 14.7 Å². The van der Waals surface area contributed by atoms with Gasteiger partial charge in [-0.05, 0) is 19.8 Å². The molecule has 0 aromatic carbocycles. The molecule has 2 atom stereocenters. The van der Waals surface area contributed by atoms with Gasteiger partial charge in [0.2, 0.25) is 0 Å². The molecule has 1 aromatic heterocycles. The number of hydrogen-bond donors (Lipinski definition) is 2. The molecule has 0 saturated carbocycles. The largest absolute Gasteiger partial charge is 0.481 e. The van der Waals surface area contributed by atoms with Crippen LogP contribution in [0, 0.1) is 5.41 Å². The van der Waals surface area contributed by atoms with Gasteiger partial charge in [-0.3, -0.25) is 4.79 Å². The molecule has 2 N–H and O–H groups in total. The SMILES string of the molecule is CCc1nc2n(n1)CC(NC(=O)N1CCC(C)(C(=O)O)C1)CC2. The molecular formula is C15H23N5O3. The molecule has 0 aliphatic carbocycles. The Morgan fingerprint density at radius 1 is 1.48 bits per heavy atom. The summed E-state index contributed by atoms with van der Waals surface area (Å²) in [7, 11) is 0. The first-order valence-electron chi connectivity index (χ1n) is 8.13. The third-order valence-electron chi connectivity index (χ3n) is 4.82.